The first-order valence-electron chi connectivity index (χ1n) is 14.3. The molecule has 3 aliphatic heterocycles. The van der Waals surface area contributed by atoms with Gasteiger partial charge in [-0.2, -0.15) is 5.26 Å². The van der Waals surface area contributed by atoms with Crippen molar-refractivity contribution in [2.24, 2.45) is 11.8 Å². The molecule has 0 aliphatic carbocycles. The summed E-state index contributed by atoms with van der Waals surface area (Å²) < 4.78 is 0.896. The van der Waals surface area contributed by atoms with Crippen LogP contribution in [0.4, 0.5) is 0 Å². The molecule has 4 unspecified atom stereocenters. The molecule has 39 heavy (non-hydrogen) atoms. The van der Waals surface area contributed by atoms with Crippen molar-refractivity contribution in [3.8, 4) is 6.07 Å². The van der Waals surface area contributed by atoms with Crippen LogP contribution in [0.15, 0.2) is 85.1 Å². The Hall–Kier alpha value is -3.78. The van der Waals surface area contributed by atoms with Gasteiger partial charge in [0.15, 0.2) is 0 Å². The third-order valence-electron chi connectivity index (χ3n) is 9.98. The van der Waals surface area contributed by atoms with Crippen LogP contribution in [0.1, 0.15) is 49.0 Å². The number of hydrogen-bond donors (Lipinski definition) is 1. The zero-order valence-electron chi connectivity index (χ0n) is 22.4. The number of aliphatic hydroxyl groups excluding tert-OH is 1. The van der Waals surface area contributed by atoms with Crippen molar-refractivity contribution < 1.29 is 9.59 Å². The van der Waals surface area contributed by atoms with Gasteiger partial charge in [0, 0.05) is 46.7 Å². The molecule has 0 spiro atoms. The molecule has 194 valence electrons. The molecule has 4 heteroatoms. The lowest BCUT2D eigenvalue weighted by Gasteiger charge is -2.58. The summed E-state index contributed by atoms with van der Waals surface area (Å²) in [5.41, 5.74) is 4.01. The zero-order chi connectivity index (χ0) is 26.6. The maximum Gasteiger partial charge on any atom is 0.131 e. The van der Waals surface area contributed by atoms with Gasteiger partial charge in [0.2, 0.25) is 0 Å². The Balaban J connectivity index is 1.41. The average molecular weight is 513 g/mol. The van der Waals surface area contributed by atoms with E-state index in [1.54, 1.807) is 0 Å². The van der Waals surface area contributed by atoms with Gasteiger partial charge in [-0.15, -0.1) is 0 Å². The van der Waals surface area contributed by atoms with Crippen molar-refractivity contribution in [3.05, 3.63) is 102 Å². The second-order valence-corrected chi connectivity index (χ2v) is 11.7. The van der Waals surface area contributed by atoms with Crippen molar-refractivity contribution in [1.29, 1.82) is 5.26 Å². The van der Waals surface area contributed by atoms with E-state index in [0.29, 0.717) is 11.8 Å². The van der Waals surface area contributed by atoms with Crippen LogP contribution in [0.25, 0.3) is 32.4 Å². The molecule has 3 fully saturated rings. The van der Waals surface area contributed by atoms with Gasteiger partial charge in [-0.25, -0.2) is 0 Å². The van der Waals surface area contributed by atoms with Crippen LogP contribution < -0.4 is 0 Å². The number of piperidine rings is 3. The summed E-state index contributed by atoms with van der Waals surface area (Å²) in [7, 11) is 0. The van der Waals surface area contributed by atoms with E-state index in [1.807, 2.05) is 42.6 Å². The lowest BCUT2D eigenvalue weighted by atomic mass is 9.70. The smallest absolute Gasteiger partial charge is 0.131 e. The van der Waals surface area contributed by atoms with Crippen molar-refractivity contribution in [2.45, 2.75) is 44.9 Å². The Morgan fingerprint density at radius 1 is 0.923 bits per heavy atom. The first kappa shape index (κ1) is 24.3. The van der Waals surface area contributed by atoms with Crippen LogP contribution in [-0.2, 0) is 6.54 Å². The minimum absolute atomic E-state index is 0.116. The number of aliphatic hydroxyl groups is 1. The summed E-state index contributed by atoms with van der Waals surface area (Å²) in [6.45, 7) is 5.36. The summed E-state index contributed by atoms with van der Waals surface area (Å²) in [5.74, 6) is 1.34. The zero-order valence-corrected chi connectivity index (χ0v) is 22.4. The number of nitrogens with zero attached hydrogens (tertiary/aromatic N) is 3. The predicted molar refractivity (Wildman–Crippen MR) is 157 cm³/mol. The van der Waals surface area contributed by atoms with E-state index in [4.69, 9.17) is 0 Å². The second-order valence-electron chi connectivity index (χ2n) is 11.7. The van der Waals surface area contributed by atoms with Gasteiger partial charge in [0.25, 0.3) is 0 Å². The van der Waals surface area contributed by atoms with Crippen molar-refractivity contribution in [3.63, 3.8) is 0 Å². The number of pyridine rings is 1. The molecule has 4 aromatic carbocycles. The molecule has 0 radical (unpaired) electrons. The molecular formula is C35H34N3O+. The first-order chi connectivity index (χ1) is 19.1. The van der Waals surface area contributed by atoms with Gasteiger partial charge in [0.1, 0.15) is 24.8 Å². The van der Waals surface area contributed by atoms with E-state index in [9.17, 15) is 10.4 Å². The molecule has 8 rings (SSSR count). The minimum atomic E-state index is -0.561. The molecule has 2 bridgehead atoms. The Labute approximate surface area is 229 Å². The molecule has 4 heterocycles. The summed E-state index contributed by atoms with van der Waals surface area (Å²) in [5, 5.41) is 27.8. The monoisotopic (exact) mass is 512 g/mol. The average Bonchev–Trinajstić information content (AvgIpc) is 3.00. The summed E-state index contributed by atoms with van der Waals surface area (Å²) in [6.07, 6.45) is 4.72. The summed E-state index contributed by atoms with van der Waals surface area (Å²) >= 11 is 0. The molecule has 5 atom stereocenters. The number of benzene rings is 4. The van der Waals surface area contributed by atoms with Crippen molar-refractivity contribution >= 4 is 32.4 Å². The van der Waals surface area contributed by atoms with Crippen LogP contribution in [0.5, 0.6) is 0 Å². The summed E-state index contributed by atoms with van der Waals surface area (Å²) in [6, 6.07) is 29.6. The number of aromatic nitrogens is 1. The quantitative estimate of drug-likeness (QED) is 0.199. The number of para-hydroxylation sites is 1. The van der Waals surface area contributed by atoms with Gasteiger partial charge in [-0.3, -0.25) is 4.98 Å². The molecule has 0 saturated carbocycles. The highest BCUT2D eigenvalue weighted by Gasteiger charge is 2.54. The maximum atomic E-state index is 12.2. The molecule has 1 N–H and O–H groups in total. The van der Waals surface area contributed by atoms with Crippen LogP contribution in [0.3, 0.4) is 0 Å². The molecule has 3 aliphatic rings. The topological polar surface area (TPSA) is 56.9 Å². The Morgan fingerprint density at radius 2 is 1.56 bits per heavy atom. The van der Waals surface area contributed by atoms with Gasteiger partial charge in [-0.05, 0) is 40.8 Å². The predicted octanol–water partition coefficient (Wildman–Crippen LogP) is 7.28. The van der Waals surface area contributed by atoms with E-state index in [-0.39, 0.29) is 6.04 Å². The normalized spacial score (nSPS) is 25.2. The fourth-order valence-electron chi connectivity index (χ4n) is 8.07. The van der Waals surface area contributed by atoms with Gasteiger partial charge in [-0.1, -0.05) is 73.7 Å². The van der Waals surface area contributed by atoms with Gasteiger partial charge >= 0.3 is 0 Å². The molecule has 5 aromatic rings. The van der Waals surface area contributed by atoms with Gasteiger partial charge in [0.05, 0.1) is 24.2 Å². The number of fused-ring (bicyclic) bond motifs is 6. The largest absolute Gasteiger partial charge is 0.382 e. The SMILES string of the molecule is CCC1C[N+]2(Cc3c4ccccc4c(C#N)c4ccccc34)CCC1CC2[C@@H](O)c1ccnc2ccccc12. The second kappa shape index (κ2) is 9.45. The maximum absolute atomic E-state index is 12.2. The number of nitriles is 1. The highest BCUT2D eigenvalue weighted by molar-refractivity contribution is 6.07. The van der Waals surface area contributed by atoms with E-state index in [2.05, 4.69) is 60.4 Å². The van der Waals surface area contributed by atoms with E-state index < -0.39 is 6.10 Å². The van der Waals surface area contributed by atoms with Crippen LogP contribution in [0.2, 0.25) is 0 Å². The highest BCUT2D eigenvalue weighted by Crippen LogP contribution is 2.49. The molecular weight excluding hydrogens is 478 g/mol. The van der Waals surface area contributed by atoms with Crippen LogP contribution >= 0.6 is 0 Å². The molecule has 1 aromatic heterocycles. The number of quaternary nitrogens is 1. The Kier molecular flexibility index (Phi) is 5.88. The Morgan fingerprint density at radius 3 is 2.23 bits per heavy atom. The number of rotatable bonds is 5. The highest BCUT2D eigenvalue weighted by atomic mass is 16.3. The van der Waals surface area contributed by atoms with Crippen LogP contribution in [0, 0.1) is 23.2 Å². The molecule has 4 nitrogen and oxygen atoms in total. The first-order valence-corrected chi connectivity index (χ1v) is 14.3. The molecule has 3 saturated heterocycles. The van der Waals surface area contributed by atoms with Crippen LogP contribution in [-0.4, -0.2) is 33.7 Å². The fraction of sp³-hybridized carbons (Fsp3) is 0.314. The van der Waals surface area contributed by atoms with Gasteiger partial charge < -0.3 is 9.59 Å². The van der Waals surface area contributed by atoms with E-state index in [0.717, 1.165) is 63.3 Å². The number of hydrogen-bond acceptors (Lipinski definition) is 3. The van der Waals surface area contributed by atoms with E-state index in [1.165, 1.54) is 29.2 Å². The van der Waals surface area contributed by atoms with Crippen molar-refractivity contribution in [2.75, 3.05) is 13.1 Å². The summed E-state index contributed by atoms with van der Waals surface area (Å²) in [4.78, 5) is 4.57. The minimum Gasteiger partial charge on any atom is -0.382 e. The third-order valence-corrected chi connectivity index (χ3v) is 9.98. The van der Waals surface area contributed by atoms with Crippen molar-refractivity contribution in [1.82, 2.24) is 4.98 Å². The fourth-order valence-corrected chi connectivity index (χ4v) is 8.07. The standard InChI is InChI=1S/C35H34N3O/c1-2-23-21-38(22-32-27-11-5-3-9-25(27)31(20-36)26-10-4-6-12-28(26)32)18-16-24(23)19-34(38)35(39)30-15-17-37-33-14-8-7-13-29(30)33/h3-15,17,23-24,34-35,39H,2,16,18-19,21-22H2,1H3/q+1/t23?,24?,34?,35-,38?/m0/s1. The molecule has 0 amide bonds. The lowest BCUT2D eigenvalue weighted by Crippen LogP contribution is -2.67. The third kappa shape index (κ3) is 3.76. The Bertz CT molecular complexity index is 1690. The van der Waals surface area contributed by atoms with E-state index >= 15 is 0 Å². The lowest BCUT2D eigenvalue weighted by molar-refractivity contribution is -0.985.